The molecular formula is C17H22FNO3. The molecule has 5 heteroatoms. The Balaban J connectivity index is 2.29. The van der Waals surface area contributed by atoms with Crippen LogP contribution < -0.4 is 5.32 Å². The monoisotopic (exact) mass is 307 g/mol. The van der Waals surface area contributed by atoms with Gasteiger partial charge in [-0.25, -0.2) is 9.18 Å². The fraction of sp³-hybridized carbons (Fsp3) is 0.529. The molecule has 0 bridgehead atoms. The molecule has 2 atom stereocenters. The highest BCUT2D eigenvalue weighted by Gasteiger charge is 2.33. The molecule has 0 spiro atoms. The molecule has 1 aromatic carbocycles. The Labute approximate surface area is 130 Å². The molecule has 2 rings (SSSR count). The van der Waals surface area contributed by atoms with Crippen molar-refractivity contribution in [3.05, 3.63) is 35.6 Å². The molecule has 1 fully saturated rings. The van der Waals surface area contributed by atoms with Gasteiger partial charge in [-0.15, -0.1) is 0 Å². The van der Waals surface area contributed by atoms with Gasteiger partial charge in [-0.3, -0.25) is 4.79 Å². The minimum absolute atomic E-state index is 0.0857. The number of hydrogen-bond donors (Lipinski definition) is 1. The molecule has 1 saturated carbocycles. The van der Waals surface area contributed by atoms with Gasteiger partial charge in [0.05, 0.1) is 12.6 Å². The molecule has 120 valence electrons. The van der Waals surface area contributed by atoms with E-state index in [0.717, 1.165) is 19.3 Å². The summed E-state index contributed by atoms with van der Waals surface area (Å²) < 4.78 is 19.1. The molecule has 22 heavy (non-hydrogen) atoms. The summed E-state index contributed by atoms with van der Waals surface area (Å²) in [5, 5.41) is 2.68. The number of halogens is 1. The van der Waals surface area contributed by atoms with E-state index in [2.05, 4.69) is 5.32 Å². The third kappa shape index (κ3) is 4.06. The van der Waals surface area contributed by atoms with E-state index in [9.17, 15) is 14.0 Å². The highest BCUT2D eigenvalue weighted by Crippen LogP contribution is 2.32. The van der Waals surface area contributed by atoms with Gasteiger partial charge in [0.25, 0.3) is 0 Å². The topological polar surface area (TPSA) is 55.4 Å². The lowest BCUT2D eigenvalue weighted by Gasteiger charge is -2.26. The molecule has 0 unspecified atom stereocenters. The van der Waals surface area contributed by atoms with Gasteiger partial charge in [-0.1, -0.05) is 31.0 Å². The van der Waals surface area contributed by atoms with Crippen molar-refractivity contribution in [1.29, 1.82) is 0 Å². The van der Waals surface area contributed by atoms with Crippen LogP contribution in [-0.4, -0.2) is 18.5 Å². The van der Waals surface area contributed by atoms with Crippen molar-refractivity contribution in [2.24, 2.45) is 5.92 Å². The van der Waals surface area contributed by atoms with Crippen molar-refractivity contribution in [2.45, 2.75) is 45.1 Å². The first-order chi connectivity index (χ1) is 10.6. The quantitative estimate of drug-likeness (QED) is 0.862. The minimum Gasteiger partial charge on any atom is -0.450 e. The maximum atomic E-state index is 14.2. The zero-order valence-corrected chi connectivity index (χ0v) is 12.8. The van der Waals surface area contributed by atoms with Crippen LogP contribution in [0.3, 0.4) is 0 Å². The van der Waals surface area contributed by atoms with Gasteiger partial charge >= 0.3 is 6.09 Å². The summed E-state index contributed by atoms with van der Waals surface area (Å²) >= 11 is 0. The van der Waals surface area contributed by atoms with E-state index >= 15 is 0 Å². The van der Waals surface area contributed by atoms with Crippen molar-refractivity contribution in [1.82, 2.24) is 5.32 Å². The molecule has 0 radical (unpaired) electrons. The number of nitrogens with one attached hydrogen (secondary N) is 1. The Morgan fingerprint density at radius 3 is 2.86 bits per heavy atom. The summed E-state index contributed by atoms with van der Waals surface area (Å²) in [4.78, 5) is 24.2. The predicted octanol–water partition coefficient (Wildman–Crippen LogP) is 3.76. The lowest BCUT2D eigenvalue weighted by Crippen LogP contribution is -2.37. The van der Waals surface area contributed by atoms with E-state index < -0.39 is 23.9 Å². The molecule has 1 N–H and O–H groups in total. The summed E-state index contributed by atoms with van der Waals surface area (Å²) in [5.41, 5.74) is 0.343. The van der Waals surface area contributed by atoms with Crippen LogP contribution in [0.15, 0.2) is 24.3 Å². The molecule has 1 aliphatic rings. The van der Waals surface area contributed by atoms with Crippen LogP contribution in [0.2, 0.25) is 0 Å². The lowest BCUT2D eigenvalue weighted by molar-refractivity contribution is -0.123. The average Bonchev–Trinajstić information content (AvgIpc) is 2.71. The number of carbonyl (C=O) groups excluding carboxylic acids is 2. The predicted molar refractivity (Wildman–Crippen MR) is 80.9 cm³/mol. The summed E-state index contributed by atoms with van der Waals surface area (Å²) in [5.74, 6) is -0.729. The highest BCUT2D eigenvalue weighted by molar-refractivity contribution is 5.83. The first kappa shape index (κ1) is 16.5. The molecule has 1 amide bonds. The van der Waals surface area contributed by atoms with Crippen LogP contribution >= 0.6 is 0 Å². The van der Waals surface area contributed by atoms with E-state index in [1.807, 2.05) is 0 Å². The maximum Gasteiger partial charge on any atom is 0.407 e. The highest BCUT2D eigenvalue weighted by atomic mass is 19.1. The Morgan fingerprint density at radius 1 is 1.36 bits per heavy atom. The van der Waals surface area contributed by atoms with Crippen molar-refractivity contribution >= 4 is 11.9 Å². The second-order valence-electron chi connectivity index (χ2n) is 5.54. The van der Waals surface area contributed by atoms with Gasteiger partial charge in [-0.05, 0) is 25.8 Å². The van der Waals surface area contributed by atoms with Crippen LogP contribution in [-0.2, 0) is 9.53 Å². The SMILES string of the molecule is CCOC(=O)N[C@@H](c1ccccc1F)[C@H]1CCCCCC1=O. The van der Waals surface area contributed by atoms with Crippen molar-refractivity contribution < 1.29 is 18.7 Å². The molecule has 1 aliphatic carbocycles. The van der Waals surface area contributed by atoms with Crippen molar-refractivity contribution in [2.75, 3.05) is 6.61 Å². The number of amides is 1. The number of ketones is 1. The molecule has 4 nitrogen and oxygen atoms in total. The van der Waals surface area contributed by atoms with Crippen molar-refractivity contribution in [3.8, 4) is 0 Å². The Bertz CT molecular complexity index is 532. The Morgan fingerprint density at radius 2 is 2.14 bits per heavy atom. The molecule has 0 saturated heterocycles. The normalized spacial score (nSPS) is 20.1. The number of benzene rings is 1. The van der Waals surface area contributed by atoms with Crippen LogP contribution in [0.5, 0.6) is 0 Å². The molecule has 0 heterocycles. The van der Waals surface area contributed by atoms with E-state index in [1.165, 1.54) is 6.07 Å². The standard InChI is InChI=1S/C17H22FNO3/c1-2-22-17(21)19-16(12-8-6-7-10-14(12)18)13-9-4-3-5-11-15(13)20/h6-8,10,13,16H,2-5,9,11H2,1H3,(H,19,21)/t13-,16-/m0/s1. The summed E-state index contributed by atoms with van der Waals surface area (Å²) in [7, 11) is 0. The third-order valence-corrected chi connectivity index (χ3v) is 4.04. The first-order valence-corrected chi connectivity index (χ1v) is 7.84. The molecule has 1 aromatic rings. The molecule has 0 aliphatic heterocycles. The molecule has 0 aromatic heterocycles. The fourth-order valence-corrected chi connectivity index (χ4v) is 2.96. The second kappa shape index (κ2) is 7.92. The van der Waals surface area contributed by atoms with E-state index in [0.29, 0.717) is 18.4 Å². The Kier molecular flexibility index (Phi) is 5.92. The summed E-state index contributed by atoms with van der Waals surface area (Å²) in [6.45, 7) is 1.93. The van der Waals surface area contributed by atoms with E-state index in [-0.39, 0.29) is 12.4 Å². The van der Waals surface area contributed by atoms with Crippen molar-refractivity contribution in [3.63, 3.8) is 0 Å². The van der Waals surface area contributed by atoms with Gasteiger partial charge in [-0.2, -0.15) is 0 Å². The first-order valence-electron chi connectivity index (χ1n) is 7.84. The van der Waals surface area contributed by atoms with Gasteiger partial charge in [0, 0.05) is 17.9 Å². The maximum absolute atomic E-state index is 14.2. The smallest absolute Gasteiger partial charge is 0.407 e. The number of rotatable bonds is 4. The minimum atomic E-state index is -0.675. The summed E-state index contributed by atoms with van der Waals surface area (Å²) in [6.07, 6.45) is 3.29. The van der Waals surface area contributed by atoms with Gasteiger partial charge in [0.1, 0.15) is 11.6 Å². The Hall–Kier alpha value is -1.91. The van der Waals surface area contributed by atoms with E-state index in [1.54, 1.807) is 25.1 Å². The number of carbonyl (C=O) groups is 2. The van der Waals surface area contributed by atoms with Gasteiger partial charge < -0.3 is 10.1 Å². The molecular weight excluding hydrogens is 285 g/mol. The zero-order valence-electron chi connectivity index (χ0n) is 12.8. The number of Topliss-reactive ketones (excluding diaryl/α,β-unsaturated/α-hetero) is 1. The lowest BCUT2D eigenvalue weighted by atomic mass is 9.86. The number of alkyl carbamates (subject to hydrolysis) is 1. The van der Waals surface area contributed by atoms with Gasteiger partial charge in [0.2, 0.25) is 0 Å². The van der Waals surface area contributed by atoms with Gasteiger partial charge in [0.15, 0.2) is 0 Å². The second-order valence-corrected chi connectivity index (χ2v) is 5.54. The van der Waals surface area contributed by atoms with Crippen LogP contribution in [0.25, 0.3) is 0 Å². The zero-order chi connectivity index (χ0) is 15.9. The number of ether oxygens (including phenoxy) is 1. The largest absolute Gasteiger partial charge is 0.450 e. The van der Waals surface area contributed by atoms with Crippen LogP contribution in [0.1, 0.15) is 50.6 Å². The summed E-state index contributed by atoms with van der Waals surface area (Å²) in [6, 6.07) is 5.58. The average molecular weight is 307 g/mol. The third-order valence-electron chi connectivity index (χ3n) is 4.04. The van der Waals surface area contributed by atoms with Crippen LogP contribution in [0, 0.1) is 11.7 Å². The van der Waals surface area contributed by atoms with E-state index in [4.69, 9.17) is 4.74 Å². The number of hydrogen-bond acceptors (Lipinski definition) is 3. The van der Waals surface area contributed by atoms with Crippen LogP contribution in [0.4, 0.5) is 9.18 Å². The fourth-order valence-electron chi connectivity index (χ4n) is 2.96.